The van der Waals surface area contributed by atoms with Crippen molar-refractivity contribution in [2.24, 2.45) is 5.10 Å². The van der Waals surface area contributed by atoms with E-state index in [0.29, 0.717) is 42.9 Å². The largest absolute Gasteiger partial charge is 0.493 e. The van der Waals surface area contributed by atoms with Crippen molar-refractivity contribution in [3.05, 3.63) is 65.5 Å². The lowest BCUT2D eigenvalue weighted by atomic mass is 9.88. The number of aromatic hydroxyl groups is 1. The predicted octanol–water partition coefficient (Wildman–Crippen LogP) is 3.42. The molecule has 9 heteroatoms. The number of likely N-dealkylation sites (tertiary alicyclic amines) is 1. The number of hydrogen-bond acceptors (Lipinski definition) is 7. The van der Waals surface area contributed by atoms with Crippen LogP contribution in [0, 0.1) is 0 Å². The number of morpholine rings is 1. The minimum absolute atomic E-state index is 0.00738. The SMILES string of the molecule is C[C@@H]1CN(C(=O)N2C[C@@H](c3ccccc3)[C@H](c3nc(O)c4cc(C5C=NNC5)ccc4n3)C2)C[C@H](C)O1. The molecule has 3 aliphatic heterocycles. The van der Waals surface area contributed by atoms with Crippen LogP contribution in [0.3, 0.4) is 0 Å². The Morgan fingerprint density at radius 2 is 1.68 bits per heavy atom. The maximum Gasteiger partial charge on any atom is 0.320 e. The number of urea groups is 1. The molecular formula is C28H32N6O3. The van der Waals surface area contributed by atoms with Crippen LogP contribution in [-0.2, 0) is 4.74 Å². The summed E-state index contributed by atoms with van der Waals surface area (Å²) in [6.07, 6.45) is 1.89. The van der Waals surface area contributed by atoms with Gasteiger partial charge in [-0.2, -0.15) is 10.1 Å². The van der Waals surface area contributed by atoms with Crippen LogP contribution in [0.1, 0.15) is 48.6 Å². The number of nitrogens with one attached hydrogen (secondary N) is 1. The molecule has 2 amide bonds. The minimum Gasteiger partial charge on any atom is -0.493 e. The summed E-state index contributed by atoms with van der Waals surface area (Å²) in [4.78, 5) is 26.9. The lowest BCUT2D eigenvalue weighted by Gasteiger charge is -2.37. The quantitative estimate of drug-likeness (QED) is 0.571. The highest BCUT2D eigenvalue weighted by atomic mass is 16.5. The molecule has 0 saturated carbocycles. The highest BCUT2D eigenvalue weighted by Gasteiger charge is 2.41. The fraction of sp³-hybridized carbons (Fsp3) is 0.429. The summed E-state index contributed by atoms with van der Waals surface area (Å²) < 4.78 is 5.83. The van der Waals surface area contributed by atoms with Crippen molar-refractivity contribution >= 4 is 23.1 Å². The third-order valence-electron chi connectivity index (χ3n) is 7.64. The maximum absolute atomic E-state index is 13.6. The molecule has 37 heavy (non-hydrogen) atoms. The first kappa shape index (κ1) is 23.7. The summed E-state index contributed by atoms with van der Waals surface area (Å²) in [5.74, 6) is 0.583. The molecule has 4 heterocycles. The smallest absolute Gasteiger partial charge is 0.320 e. The Morgan fingerprint density at radius 1 is 0.946 bits per heavy atom. The van der Waals surface area contributed by atoms with Crippen molar-refractivity contribution in [3.8, 4) is 5.88 Å². The van der Waals surface area contributed by atoms with Crippen molar-refractivity contribution in [2.45, 2.75) is 43.8 Å². The number of amides is 2. The second kappa shape index (κ2) is 9.63. The summed E-state index contributed by atoms with van der Waals surface area (Å²) in [6.45, 7) is 6.96. The van der Waals surface area contributed by atoms with Crippen LogP contribution in [0.4, 0.5) is 4.79 Å². The molecule has 192 valence electrons. The lowest BCUT2D eigenvalue weighted by molar-refractivity contribution is -0.0577. The van der Waals surface area contributed by atoms with Crippen molar-refractivity contribution in [1.29, 1.82) is 0 Å². The van der Waals surface area contributed by atoms with E-state index in [4.69, 9.17) is 9.72 Å². The predicted molar refractivity (Wildman–Crippen MR) is 141 cm³/mol. The zero-order chi connectivity index (χ0) is 25.5. The number of nitrogens with zero attached hydrogens (tertiary/aromatic N) is 5. The summed E-state index contributed by atoms with van der Waals surface area (Å²) >= 11 is 0. The van der Waals surface area contributed by atoms with Crippen LogP contribution < -0.4 is 5.43 Å². The van der Waals surface area contributed by atoms with E-state index >= 15 is 0 Å². The van der Waals surface area contributed by atoms with Crippen LogP contribution in [-0.4, -0.2) is 82.1 Å². The Labute approximate surface area is 216 Å². The molecule has 3 aliphatic rings. The molecule has 9 nitrogen and oxygen atoms in total. The summed E-state index contributed by atoms with van der Waals surface area (Å²) in [5, 5.41) is 15.7. The molecule has 2 saturated heterocycles. The molecule has 1 unspecified atom stereocenters. The molecule has 2 N–H and O–H groups in total. The maximum atomic E-state index is 13.6. The number of hydrogen-bond donors (Lipinski definition) is 2. The van der Waals surface area contributed by atoms with Gasteiger partial charge in [0.25, 0.3) is 0 Å². The molecule has 1 aromatic heterocycles. The monoisotopic (exact) mass is 500 g/mol. The summed E-state index contributed by atoms with van der Waals surface area (Å²) in [6, 6.07) is 16.1. The molecule has 0 spiro atoms. The molecule has 5 atom stereocenters. The molecule has 2 fully saturated rings. The number of benzene rings is 2. The Kier molecular flexibility index (Phi) is 6.16. The number of aromatic nitrogens is 2. The van der Waals surface area contributed by atoms with Gasteiger partial charge in [-0.25, -0.2) is 9.78 Å². The first-order chi connectivity index (χ1) is 18.0. The first-order valence-corrected chi connectivity index (χ1v) is 13.0. The van der Waals surface area contributed by atoms with E-state index < -0.39 is 0 Å². The summed E-state index contributed by atoms with van der Waals surface area (Å²) in [7, 11) is 0. The van der Waals surface area contributed by atoms with Gasteiger partial charge in [0.2, 0.25) is 5.88 Å². The number of carbonyl (C=O) groups excluding carboxylic acids is 1. The van der Waals surface area contributed by atoms with Crippen molar-refractivity contribution in [1.82, 2.24) is 25.2 Å². The fourth-order valence-electron chi connectivity index (χ4n) is 5.89. The third-order valence-corrected chi connectivity index (χ3v) is 7.64. The van der Waals surface area contributed by atoms with E-state index in [1.54, 1.807) is 0 Å². The highest BCUT2D eigenvalue weighted by Crippen LogP contribution is 2.40. The first-order valence-electron chi connectivity index (χ1n) is 13.0. The second-order valence-electron chi connectivity index (χ2n) is 10.4. The second-order valence-corrected chi connectivity index (χ2v) is 10.4. The zero-order valence-electron chi connectivity index (χ0n) is 21.1. The average Bonchev–Trinajstić information content (AvgIpc) is 3.59. The van der Waals surface area contributed by atoms with Crippen LogP contribution in [0.25, 0.3) is 10.9 Å². The van der Waals surface area contributed by atoms with E-state index in [9.17, 15) is 9.90 Å². The van der Waals surface area contributed by atoms with Gasteiger partial charge in [0.1, 0.15) is 5.82 Å². The van der Waals surface area contributed by atoms with E-state index in [1.807, 2.05) is 66.3 Å². The number of fused-ring (bicyclic) bond motifs is 1. The van der Waals surface area contributed by atoms with Gasteiger partial charge in [-0.05, 0) is 37.1 Å². The van der Waals surface area contributed by atoms with Crippen molar-refractivity contribution in [2.75, 3.05) is 32.7 Å². The molecule has 3 aromatic rings. The Hall–Kier alpha value is -3.72. The van der Waals surface area contributed by atoms with Gasteiger partial charge in [-0.15, -0.1) is 0 Å². The number of ether oxygens (including phenoxy) is 1. The van der Waals surface area contributed by atoms with Crippen LogP contribution >= 0.6 is 0 Å². The van der Waals surface area contributed by atoms with Gasteiger partial charge in [0.05, 0.1) is 23.1 Å². The Bertz CT molecular complexity index is 1320. The average molecular weight is 501 g/mol. The Balaban J connectivity index is 1.32. The minimum atomic E-state index is -0.136. The summed E-state index contributed by atoms with van der Waals surface area (Å²) in [5.41, 5.74) is 5.86. The van der Waals surface area contributed by atoms with E-state index in [-0.39, 0.29) is 41.9 Å². The molecular weight excluding hydrogens is 468 g/mol. The molecule has 2 aromatic carbocycles. The highest BCUT2D eigenvalue weighted by molar-refractivity contribution is 5.85. The van der Waals surface area contributed by atoms with Gasteiger partial charge < -0.3 is 25.1 Å². The van der Waals surface area contributed by atoms with E-state index in [1.165, 1.54) is 0 Å². The number of hydrazone groups is 1. The topological polar surface area (TPSA) is 103 Å². The van der Waals surface area contributed by atoms with E-state index in [0.717, 1.165) is 17.7 Å². The van der Waals surface area contributed by atoms with Gasteiger partial charge in [0, 0.05) is 56.7 Å². The van der Waals surface area contributed by atoms with Crippen LogP contribution in [0.2, 0.25) is 0 Å². The van der Waals surface area contributed by atoms with Gasteiger partial charge in [-0.1, -0.05) is 36.4 Å². The zero-order valence-corrected chi connectivity index (χ0v) is 21.1. The molecule has 0 radical (unpaired) electrons. The molecule has 6 rings (SSSR count). The van der Waals surface area contributed by atoms with Crippen molar-refractivity contribution in [3.63, 3.8) is 0 Å². The fourth-order valence-corrected chi connectivity index (χ4v) is 5.89. The van der Waals surface area contributed by atoms with Crippen molar-refractivity contribution < 1.29 is 14.6 Å². The van der Waals surface area contributed by atoms with Gasteiger partial charge >= 0.3 is 6.03 Å². The van der Waals surface area contributed by atoms with Gasteiger partial charge in [-0.3, -0.25) is 0 Å². The molecule has 0 bridgehead atoms. The van der Waals surface area contributed by atoms with Crippen LogP contribution in [0.15, 0.2) is 53.6 Å². The lowest BCUT2D eigenvalue weighted by Crippen LogP contribution is -2.52. The standard InChI is InChI=1S/C28H32N6O3/c1-17-13-33(14-18(2)37-17)28(36)34-15-23(19-6-4-3-5-7-19)24(16-34)26-31-25-9-8-20(21-11-29-30-12-21)10-22(25)27(35)32-26/h3-11,17-18,21,23-24,30H,12-16H2,1-2H3,(H,31,32,35)/t17-,18+,21?,23-,24+/m0/s1. The normalized spacial score (nSPS) is 27.6. The third kappa shape index (κ3) is 4.59. The number of rotatable bonds is 3. The Morgan fingerprint density at radius 3 is 2.41 bits per heavy atom. The number of carbonyl (C=O) groups is 1. The van der Waals surface area contributed by atoms with Gasteiger partial charge in [0.15, 0.2) is 0 Å². The molecule has 0 aliphatic carbocycles. The van der Waals surface area contributed by atoms with E-state index in [2.05, 4.69) is 27.6 Å². The van der Waals surface area contributed by atoms with Crippen LogP contribution in [0.5, 0.6) is 5.88 Å².